The Morgan fingerprint density at radius 3 is 2.32 bits per heavy atom. The highest BCUT2D eigenvalue weighted by Crippen LogP contribution is 2.07. The fraction of sp³-hybridized carbons (Fsp3) is 0.636. The first-order chi connectivity index (χ1) is 16.7. The van der Waals surface area contributed by atoms with Crippen molar-refractivity contribution >= 4 is 17.9 Å². The number of anilines is 1. The van der Waals surface area contributed by atoms with Crippen LogP contribution in [-0.2, 0) is 30.3 Å². The highest BCUT2D eigenvalue weighted by molar-refractivity contribution is 5.75. The summed E-state index contributed by atoms with van der Waals surface area (Å²) in [7, 11) is 0. The van der Waals surface area contributed by atoms with Crippen molar-refractivity contribution in [3.05, 3.63) is 18.0 Å². The number of nitrogens with zero attached hydrogens (tertiary/aromatic N) is 3. The molecule has 1 aromatic rings. The molecule has 34 heavy (non-hydrogen) atoms. The lowest BCUT2D eigenvalue weighted by Crippen LogP contribution is -2.44. The van der Waals surface area contributed by atoms with E-state index in [1.807, 2.05) is 0 Å². The molecular formula is C22H34N6O6. The molecule has 1 aliphatic heterocycles. The van der Waals surface area contributed by atoms with Gasteiger partial charge in [0.1, 0.15) is 0 Å². The van der Waals surface area contributed by atoms with E-state index in [1.165, 1.54) is 0 Å². The Balaban J connectivity index is 1.38. The summed E-state index contributed by atoms with van der Waals surface area (Å²) in [5.74, 6) is 2.82. The zero-order valence-electron chi connectivity index (χ0n) is 19.4. The predicted molar refractivity (Wildman–Crippen MR) is 124 cm³/mol. The second kappa shape index (κ2) is 17.5. The molecular weight excluding hydrogens is 444 g/mol. The standard InChI is InChI=1S/C22H34N6O6/c1-2-9-34-22(30)24-6-11-32-13-15-33-14-12-31-10-3-20(29)25-16-19-17-26-21(27-18-19)28-7-4-23-5-8-28/h1,17-18,23H,3-16H2,(H,24,30)(H,25,29). The number of nitrogens with one attached hydrogen (secondary N) is 3. The molecule has 0 unspecified atom stereocenters. The van der Waals surface area contributed by atoms with Crippen LogP contribution < -0.4 is 20.9 Å². The van der Waals surface area contributed by atoms with Gasteiger partial charge in [-0.3, -0.25) is 4.79 Å². The lowest BCUT2D eigenvalue weighted by Gasteiger charge is -2.27. The minimum Gasteiger partial charge on any atom is -0.436 e. The number of hydrogen-bond acceptors (Lipinski definition) is 10. The smallest absolute Gasteiger partial charge is 0.408 e. The van der Waals surface area contributed by atoms with E-state index < -0.39 is 6.09 Å². The summed E-state index contributed by atoms with van der Waals surface area (Å²) in [4.78, 5) is 34.0. The van der Waals surface area contributed by atoms with Crippen molar-refractivity contribution in [2.75, 3.05) is 83.9 Å². The van der Waals surface area contributed by atoms with Crippen LogP contribution in [0.4, 0.5) is 10.7 Å². The molecule has 1 aromatic heterocycles. The Labute approximate surface area is 200 Å². The number of piperazine rings is 1. The summed E-state index contributed by atoms with van der Waals surface area (Å²) < 4.78 is 20.7. The maximum atomic E-state index is 11.9. The molecule has 2 amide bonds. The van der Waals surface area contributed by atoms with Gasteiger partial charge in [0, 0.05) is 63.6 Å². The molecule has 0 aromatic carbocycles. The van der Waals surface area contributed by atoms with Gasteiger partial charge in [-0.2, -0.15) is 0 Å². The molecule has 0 atom stereocenters. The van der Waals surface area contributed by atoms with Crippen molar-refractivity contribution in [3.8, 4) is 12.3 Å². The van der Waals surface area contributed by atoms with Gasteiger partial charge >= 0.3 is 6.09 Å². The van der Waals surface area contributed by atoms with E-state index in [4.69, 9.17) is 20.6 Å². The number of hydrogen-bond donors (Lipinski definition) is 3. The van der Waals surface area contributed by atoms with E-state index >= 15 is 0 Å². The Morgan fingerprint density at radius 2 is 1.65 bits per heavy atom. The average Bonchev–Trinajstić information content (AvgIpc) is 2.87. The van der Waals surface area contributed by atoms with Crippen LogP contribution >= 0.6 is 0 Å². The van der Waals surface area contributed by atoms with Gasteiger partial charge in [0.05, 0.1) is 39.6 Å². The van der Waals surface area contributed by atoms with Crippen molar-refractivity contribution in [3.63, 3.8) is 0 Å². The summed E-state index contributed by atoms with van der Waals surface area (Å²) in [6.45, 7) is 6.51. The van der Waals surface area contributed by atoms with Crippen molar-refractivity contribution in [1.29, 1.82) is 0 Å². The van der Waals surface area contributed by atoms with Crippen molar-refractivity contribution in [2.24, 2.45) is 0 Å². The molecule has 12 heteroatoms. The summed E-state index contributed by atoms with van der Waals surface area (Å²) in [6.07, 6.45) is 8.16. The van der Waals surface area contributed by atoms with Gasteiger partial charge in [-0.25, -0.2) is 14.8 Å². The van der Waals surface area contributed by atoms with Crippen LogP contribution in [0.25, 0.3) is 0 Å². The number of rotatable bonds is 16. The summed E-state index contributed by atoms with van der Waals surface area (Å²) in [5.41, 5.74) is 0.850. The maximum Gasteiger partial charge on any atom is 0.408 e. The topological polar surface area (TPSA) is 136 Å². The van der Waals surface area contributed by atoms with Gasteiger partial charge in [0.15, 0.2) is 6.61 Å². The first kappa shape index (κ1) is 27.3. The van der Waals surface area contributed by atoms with E-state index in [2.05, 4.69) is 41.5 Å². The number of alkyl carbamates (subject to hydrolysis) is 1. The third-order valence-corrected chi connectivity index (χ3v) is 4.60. The molecule has 0 saturated carbocycles. The first-order valence-corrected chi connectivity index (χ1v) is 11.3. The fourth-order valence-electron chi connectivity index (χ4n) is 2.85. The van der Waals surface area contributed by atoms with Crippen molar-refractivity contribution < 1.29 is 28.5 Å². The SMILES string of the molecule is C#CCOC(=O)NCCOCCOCCOCCC(=O)NCc1cnc(N2CCNCC2)nc1. The molecule has 188 valence electrons. The first-order valence-electron chi connectivity index (χ1n) is 11.3. The Hall–Kier alpha value is -2.98. The van der Waals surface area contributed by atoms with Gasteiger partial charge in [0.2, 0.25) is 11.9 Å². The number of carbonyl (C=O) groups is 2. The Bertz CT molecular complexity index is 751. The molecule has 1 saturated heterocycles. The molecule has 12 nitrogen and oxygen atoms in total. The van der Waals surface area contributed by atoms with Crippen LogP contribution in [0.1, 0.15) is 12.0 Å². The third kappa shape index (κ3) is 12.3. The van der Waals surface area contributed by atoms with E-state index in [0.29, 0.717) is 52.7 Å². The molecule has 1 aliphatic rings. The minimum atomic E-state index is -0.572. The molecule has 2 heterocycles. The number of ether oxygens (including phenoxy) is 4. The van der Waals surface area contributed by atoms with Gasteiger partial charge < -0.3 is 39.8 Å². The molecule has 0 aliphatic carbocycles. The normalized spacial score (nSPS) is 13.2. The van der Waals surface area contributed by atoms with Gasteiger partial charge in [0.25, 0.3) is 0 Å². The number of aromatic nitrogens is 2. The van der Waals surface area contributed by atoms with Crippen molar-refractivity contribution in [2.45, 2.75) is 13.0 Å². The highest BCUT2D eigenvalue weighted by Gasteiger charge is 2.12. The molecule has 0 spiro atoms. The van der Waals surface area contributed by atoms with Crippen LogP contribution in [0.3, 0.4) is 0 Å². The van der Waals surface area contributed by atoms with Crippen LogP contribution in [0.5, 0.6) is 0 Å². The number of carbonyl (C=O) groups excluding carboxylic acids is 2. The van der Waals surface area contributed by atoms with Crippen LogP contribution in [-0.4, -0.2) is 101 Å². The quantitative estimate of drug-likeness (QED) is 0.207. The van der Waals surface area contributed by atoms with E-state index in [-0.39, 0.29) is 18.9 Å². The van der Waals surface area contributed by atoms with Crippen LogP contribution in [0, 0.1) is 12.3 Å². The molecule has 1 fully saturated rings. The number of amides is 2. The van der Waals surface area contributed by atoms with Gasteiger partial charge in [-0.05, 0) is 0 Å². The molecule has 3 N–H and O–H groups in total. The second-order valence-electron chi connectivity index (χ2n) is 7.20. The summed E-state index contributed by atoms with van der Waals surface area (Å²) in [5, 5.41) is 8.63. The Morgan fingerprint density at radius 1 is 1.00 bits per heavy atom. The monoisotopic (exact) mass is 478 g/mol. The second-order valence-corrected chi connectivity index (χ2v) is 7.20. The highest BCUT2D eigenvalue weighted by atomic mass is 16.6. The Kier molecular flexibility index (Phi) is 14.0. The molecule has 2 rings (SSSR count). The fourth-order valence-corrected chi connectivity index (χ4v) is 2.85. The lowest BCUT2D eigenvalue weighted by atomic mass is 10.3. The zero-order valence-corrected chi connectivity index (χ0v) is 19.4. The van der Waals surface area contributed by atoms with Gasteiger partial charge in [-0.15, -0.1) is 6.42 Å². The van der Waals surface area contributed by atoms with E-state index in [9.17, 15) is 9.59 Å². The van der Waals surface area contributed by atoms with E-state index in [1.54, 1.807) is 12.4 Å². The molecule has 0 bridgehead atoms. The average molecular weight is 479 g/mol. The summed E-state index contributed by atoms with van der Waals surface area (Å²) >= 11 is 0. The third-order valence-electron chi connectivity index (χ3n) is 4.60. The summed E-state index contributed by atoms with van der Waals surface area (Å²) in [6, 6.07) is 0. The minimum absolute atomic E-state index is 0.0609. The van der Waals surface area contributed by atoms with E-state index in [0.717, 1.165) is 37.7 Å². The zero-order chi connectivity index (χ0) is 24.3. The van der Waals surface area contributed by atoms with Gasteiger partial charge in [-0.1, -0.05) is 5.92 Å². The lowest BCUT2D eigenvalue weighted by molar-refractivity contribution is -0.122. The van der Waals surface area contributed by atoms with Crippen molar-refractivity contribution in [1.82, 2.24) is 25.9 Å². The van der Waals surface area contributed by atoms with Crippen LogP contribution in [0.2, 0.25) is 0 Å². The number of terminal acetylenes is 1. The predicted octanol–water partition coefficient (Wildman–Crippen LogP) is -0.698. The largest absolute Gasteiger partial charge is 0.436 e. The molecule has 0 radical (unpaired) electrons. The van der Waals surface area contributed by atoms with Crippen LogP contribution in [0.15, 0.2) is 12.4 Å². The maximum absolute atomic E-state index is 11.9.